The topological polar surface area (TPSA) is 43.8 Å². The van der Waals surface area contributed by atoms with Crippen LogP contribution < -0.4 is 5.73 Å². The van der Waals surface area contributed by atoms with Gasteiger partial charge in [0.2, 0.25) is 0 Å². The third-order valence-electron chi connectivity index (χ3n) is 3.58. The van der Waals surface area contributed by atoms with E-state index in [4.69, 9.17) is 5.73 Å². The van der Waals surface area contributed by atoms with E-state index in [0.717, 1.165) is 22.4 Å². The number of aromatic nitrogens is 2. The van der Waals surface area contributed by atoms with Crippen molar-refractivity contribution >= 4 is 11.0 Å². The Balaban J connectivity index is 2.04. The van der Waals surface area contributed by atoms with E-state index in [1.807, 2.05) is 35.9 Å². The first-order valence-electron chi connectivity index (χ1n) is 6.56. The quantitative estimate of drug-likeness (QED) is 0.794. The van der Waals surface area contributed by atoms with E-state index in [-0.39, 0.29) is 5.82 Å². The van der Waals surface area contributed by atoms with E-state index >= 15 is 0 Å². The first-order chi connectivity index (χ1) is 9.69. The van der Waals surface area contributed by atoms with Gasteiger partial charge in [0, 0.05) is 20.0 Å². The summed E-state index contributed by atoms with van der Waals surface area (Å²) >= 11 is 0. The Labute approximate surface area is 116 Å². The summed E-state index contributed by atoms with van der Waals surface area (Å²) in [6, 6.07) is 12.8. The molecule has 0 spiro atoms. The average Bonchev–Trinajstić information content (AvgIpc) is 2.77. The zero-order valence-electron chi connectivity index (χ0n) is 11.3. The molecule has 3 rings (SSSR count). The molecule has 1 aromatic heterocycles. The number of nitrogens with two attached hydrogens (primary N) is 1. The highest BCUT2D eigenvalue weighted by atomic mass is 19.1. The summed E-state index contributed by atoms with van der Waals surface area (Å²) in [7, 11) is 1.95. The predicted octanol–water partition coefficient (Wildman–Crippen LogP) is 2.76. The van der Waals surface area contributed by atoms with Gasteiger partial charge in [-0.1, -0.05) is 24.3 Å². The monoisotopic (exact) mass is 269 g/mol. The van der Waals surface area contributed by atoms with E-state index < -0.39 is 0 Å². The molecule has 0 bridgehead atoms. The molecule has 0 aliphatic carbocycles. The molecule has 0 fully saturated rings. The summed E-state index contributed by atoms with van der Waals surface area (Å²) in [6.07, 6.45) is 0.482. The first kappa shape index (κ1) is 12.8. The summed E-state index contributed by atoms with van der Waals surface area (Å²) < 4.78 is 15.7. The number of hydrogen-bond acceptors (Lipinski definition) is 2. The van der Waals surface area contributed by atoms with Crippen molar-refractivity contribution in [2.75, 3.05) is 0 Å². The molecular weight excluding hydrogens is 253 g/mol. The minimum absolute atomic E-state index is 0.192. The lowest BCUT2D eigenvalue weighted by Gasteiger charge is -2.04. The molecule has 0 aliphatic rings. The third kappa shape index (κ3) is 2.18. The smallest absolute Gasteiger partial charge is 0.126 e. The van der Waals surface area contributed by atoms with Crippen LogP contribution in [0.3, 0.4) is 0 Å². The Morgan fingerprint density at radius 2 is 2.00 bits per heavy atom. The van der Waals surface area contributed by atoms with Crippen molar-refractivity contribution in [3.8, 4) is 0 Å². The molecule has 0 aliphatic heterocycles. The number of fused-ring (bicyclic) bond motifs is 1. The van der Waals surface area contributed by atoms with Crippen molar-refractivity contribution < 1.29 is 4.39 Å². The van der Waals surface area contributed by atoms with Gasteiger partial charge in [-0.3, -0.25) is 0 Å². The minimum Gasteiger partial charge on any atom is -0.331 e. The van der Waals surface area contributed by atoms with Crippen LogP contribution in [0.1, 0.15) is 17.0 Å². The Hall–Kier alpha value is -2.20. The molecule has 1 heterocycles. The molecule has 0 unspecified atom stereocenters. The molecule has 102 valence electrons. The van der Waals surface area contributed by atoms with Gasteiger partial charge in [-0.2, -0.15) is 0 Å². The maximum absolute atomic E-state index is 13.7. The van der Waals surface area contributed by atoms with Gasteiger partial charge in [0.25, 0.3) is 0 Å². The van der Waals surface area contributed by atoms with Crippen LogP contribution in [0.25, 0.3) is 11.0 Å². The summed E-state index contributed by atoms with van der Waals surface area (Å²) in [5.41, 5.74) is 9.29. The molecule has 2 N–H and O–H groups in total. The average molecular weight is 269 g/mol. The number of nitrogens with zero attached hydrogens (tertiary/aromatic N) is 2. The lowest BCUT2D eigenvalue weighted by atomic mass is 10.1. The normalized spacial score (nSPS) is 11.2. The van der Waals surface area contributed by atoms with E-state index in [1.165, 1.54) is 6.07 Å². The van der Waals surface area contributed by atoms with Crippen LogP contribution in [0, 0.1) is 5.82 Å². The van der Waals surface area contributed by atoms with Crippen molar-refractivity contribution in [3.05, 3.63) is 65.2 Å². The van der Waals surface area contributed by atoms with Crippen LogP contribution in [0.5, 0.6) is 0 Å². The van der Waals surface area contributed by atoms with Crippen LogP contribution >= 0.6 is 0 Å². The number of imidazole rings is 1. The van der Waals surface area contributed by atoms with E-state index in [1.54, 1.807) is 12.1 Å². The Morgan fingerprint density at radius 3 is 2.75 bits per heavy atom. The lowest BCUT2D eigenvalue weighted by Crippen LogP contribution is -2.00. The maximum Gasteiger partial charge on any atom is 0.126 e. The van der Waals surface area contributed by atoms with Gasteiger partial charge in [-0.15, -0.1) is 0 Å². The highest BCUT2D eigenvalue weighted by molar-refractivity contribution is 5.76. The summed E-state index contributed by atoms with van der Waals surface area (Å²) in [6.45, 7) is 0.495. The molecule has 2 aromatic carbocycles. The molecular formula is C16H16FN3. The van der Waals surface area contributed by atoms with Gasteiger partial charge >= 0.3 is 0 Å². The lowest BCUT2D eigenvalue weighted by molar-refractivity contribution is 0.611. The van der Waals surface area contributed by atoms with Gasteiger partial charge in [-0.05, 0) is 29.3 Å². The molecule has 3 nitrogen and oxygen atoms in total. The number of halogens is 1. The highest BCUT2D eigenvalue weighted by Crippen LogP contribution is 2.19. The number of aryl methyl sites for hydroxylation is 1. The Morgan fingerprint density at radius 1 is 1.20 bits per heavy atom. The van der Waals surface area contributed by atoms with E-state index in [2.05, 4.69) is 4.98 Å². The number of benzene rings is 2. The highest BCUT2D eigenvalue weighted by Gasteiger charge is 2.10. The standard InChI is InChI=1S/C16H16FN3/c1-20-15-7-6-11(10-18)8-14(15)19-16(20)9-12-4-2-3-5-13(12)17/h2-8H,9-10,18H2,1H3. The Kier molecular flexibility index (Phi) is 3.24. The second kappa shape index (κ2) is 5.06. The summed E-state index contributed by atoms with van der Waals surface area (Å²) in [4.78, 5) is 4.60. The van der Waals surface area contributed by atoms with Crippen molar-refractivity contribution in [2.24, 2.45) is 12.8 Å². The zero-order chi connectivity index (χ0) is 14.1. The zero-order valence-corrected chi connectivity index (χ0v) is 11.3. The fourth-order valence-electron chi connectivity index (χ4n) is 2.39. The van der Waals surface area contributed by atoms with Crippen LogP contribution in [0.15, 0.2) is 42.5 Å². The largest absolute Gasteiger partial charge is 0.331 e. The second-order valence-corrected chi connectivity index (χ2v) is 4.88. The SMILES string of the molecule is Cn1c(Cc2ccccc2F)nc2cc(CN)ccc21. The number of hydrogen-bond donors (Lipinski definition) is 1. The van der Waals surface area contributed by atoms with Crippen molar-refractivity contribution in [2.45, 2.75) is 13.0 Å². The van der Waals surface area contributed by atoms with Crippen LogP contribution in [0.2, 0.25) is 0 Å². The van der Waals surface area contributed by atoms with E-state index in [0.29, 0.717) is 18.5 Å². The van der Waals surface area contributed by atoms with Crippen LogP contribution in [0.4, 0.5) is 4.39 Å². The first-order valence-corrected chi connectivity index (χ1v) is 6.56. The molecule has 4 heteroatoms. The molecule has 0 radical (unpaired) electrons. The predicted molar refractivity (Wildman–Crippen MR) is 77.8 cm³/mol. The van der Waals surface area contributed by atoms with Gasteiger partial charge < -0.3 is 10.3 Å². The maximum atomic E-state index is 13.7. The van der Waals surface area contributed by atoms with Gasteiger partial charge in [0.05, 0.1) is 11.0 Å². The van der Waals surface area contributed by atoms with Crippen LogP contribution in [-0.4, -0.2) is 9.55 Å². The minimum atomic E-state index is -0.192. The molecule has 0 atom stereocenters. The van der Waals surface area contributed by atoms with Crippen molar-refractivity contribution in [1.82, 2.24) is 9.55 Å². The van der Waals surface area contributed by atoms with Crippen LogP contribution in [-0.2, 0) is 20.0 Å². The van der Waals surface area contributed by atoms with Gasteiger partial charge in [0.1, 0.15) is 11.6 Å². The third-order valence-corrected chi connectivity index (χ3v) is 3.58. The van der Waals surface area contributed by atoms with Crippen molar-refractivity contribution in [3.63, 3.8) is 0 Å². The van der Waals surface area contributed by atoms with Gasteiger partial charge in [-0.25, -0.2) is 9.37 Å². The van der Waals surface area contributed by atoms with E-state index in [9.17, 15) is 4.39 Å². The van der Waals surface area contributed by atoms with Gasteiger partial charge in [0.15, 0.2) is 0 Å². The summed E-state index contributed by atoms with van der Waals surface area (Å²) in [5.74, 6) is 0.654. The Bertz CT molecular complexity index is 762. The number of rotatable bonds is 3. The fourth-order valence-corrected chi connectivity index (χ4v) is 2.39. The molecule has 3 aromatic rings. The van der Waals surface area contributed by atoms with Crippen molar-refractivity contribution in [1.29, 1.82) is 0 Å². The molecule has 20 heavy (non-hydrogen) atoms. The molecule has 0 amide bonds. The molecule has 0 saturated carbocycles. The fraction of sp³-hybridized carbons (Fsp3) is 0.188. The summed E-state index contributed by atoms with van der Waals surface area (Å²) in [5, 5.41) is 0. The molecule has 0 saturated heterocycles. The second-order valence-electron chi connectivity index (χ2n) is 4.88.